The maximum Gasteiger partial charge on any atom is 0.258 e. The van der Waals surface area contributed by atoms with Crippen molar-refractivity contribution in [1.29, 1.82) is 5.26 Å². The summed E-state index contributed by atoms with van der Waals surface area (Å²) in [7, 11) is 0. The van der Waals surface area contributed by atoms with Crippen LogP contribution < -0.4 is 4.90 Å². The number of rotatable bonds is 8. The molecule has 9 heteroatoms. The van der Waals surface area contributed by atoms with Crippen molar-refractivity contribution in [3.63, 3.8) is 0 Å². The highest BCUT2D eigenvalue weighted by Gasteiger charge is 2.30. The summed E-state index contributed by atoms with van der Waals surface area (Å²) < 4.78 is 3.54. The van der Waals surface area contributed by atoms with Crippen molar-refractivity contribution in [2.75, 3.05) is 4.90 Å². The highest BCUT2D eigenvalue weighted by atomic mass is 16.2. The molecular formula is C35H33N7O2. The van der Waals surface area contributed by atoms with E-state index in [9.17, 15) is 14.9 Å². The zero-order chi connectivity index (χ0) is 30.2. The summed E-state index contributed by atoms with van der Waals surface area (Å²) in [6, 6.07) is 19.7. The van der Waals surface area contributed by atoms with Crippen molar-refractivity contribution in [1.82, 2.24) is 24.3 Å². The molecule has 1 fully saturated rings. The van der Waals surface area contributed by atoms with Gasteiger partial charge in [0.2, 0.25) is 5.91 Å². The fraction of sp³-hybridized carbons (Fsp3) is 0.314. The number of aromatic nitrogens is 5. The van der Waals surface area contributed by atoms with Crippen molar-refractivity contribution in [2.45, 2.75) is 64.0 Å². The number of carbonyl (C=O) groups is 2. The third-order valence-corrected chi connectivity index (χ3v) is 9.31. The van der Waals surface area contributed by atoms with Crippen molar-refractivity contribution >= 4 is 28.5 Å². The van der Waals surface area contributed by atoms with Crippen LogP contribution in [0.15, 0.2) is 79.5 Å². The molecule has 1 amide bonds. The lowest BCUT2D eigenvalue weighted by atomic mass is 9.95. The van der Waals surface area contributed by atoms with Gasteiger partial charge in [0, 0.05) is 34.6 Å². The highest BCUT2D eigenvalue weighted by molar-refractivity contribution is 6.10. The summed E-state index contributed by atoms with van der Waals surface area (Å²) in [5.74, 6) is -0.00449. The predicted octanol–water partition coefficient (Wildman–Crippen LogP) is 6.93. The minimum atomic E-state index is -0.384. The van der Waals surface area contributed by atoms with E-state index in [4.69, 9.17) is 0 Å². The van der Waals surface area contributed by atoms with Crippen molar-refractivity contribution in [3.8, 4) is 17.3 Å². The Hall–Kier alpha value is -5.10. The summed E-state index contributed by atoms with van der Waals surface area (Å²) >= 11 is 0. The van der Waals surface area contributed by atoms with Gasteiger partial charge in [-0.2, -0.15) is 10.4 Å². The third-order valence-electron chi connectivity index (χ3n) is 9.31. The molecule has 4 heterocycles. The van der Waals surface area contributed by atoms with E-state index in [0.717, 1.165) is 46.2 Å². The zero-order valence-electron chi connectivity index (χ0n) is 24.6. The van der Waals surface area contributed by atoms with Gasteiger partial charge in [0.15, 0.2) is 5.65 Å². The topological polar surface area (TPSA) is 110 Å². The second-order valence-corrected chi connectivity index (χ2v) is 11.8. The van der Waals surface area contributed by atoms with E-state index in [1.54, 1.807) is 21.9 Å². The minimum absolute atomic E-state index is 0.00423. The van der Waals surface area contributed by atoms with Crippen LogP contribution in [0.4, 0.5) is 5.69 Å². The highest BCUT2D eigenvalue weighted by Crippen LogP contribution is 2.37. The first-order valence-corrected chi connectivity index (χ1v) is 15.3. The van der Waals surface area contributed by atoms with Gasteiger partial charge in [0.25, 0.3) is 5.91 Å². The van der Waals surface area contributed by atoms with Gasteiger partial charge in [-0.15, -0.1) is 0 Å². The second-order valence-electron chi connectivity index (χ2n) is 11.8. The van der Waals surface area contributed by atoms with E-state index >= 15 is 0 Å². The Labute approximate surface area is 255 Å². The van der Waals surface area contributed by atoms with Crippen LogP contribution in [0.3, 0.4) is 0 Å². The number of carbonyl (C=O) groups excluding carboxylic acids is 2. The summed E-state index contributed by atoms with van der Waals surface area (Å²) in [5, 5.41) is 14.9. The van der Waals surface area contributed by atoms with E-state index in [0.29, 0.717) is 36.6 Å². The summed E-state index contributed by atoms with van der Waals surface area (Å²) in [4.78, 5) is 37.7. The van der Waals surface area contributed by atoms with E-state index < -0.39 is 0 Å². The van der Waals surface area contributed by atoms with Gasteiger partial charge >= 0.3 is 0 Å². The lowest BCUT2D eigenvalue weighted by molar-refractivity contribution is 0.0879. The molecule has 5 aromatic rings. The minimum Gasteiger partial charge on any atom is -0.304 e. The number of hydrogen-bond donors (Lipinski definition) is 0. The fourth-order valence-electron chi connectivity index (χ4n) is 6.98. The lowest BCUT2D eigenvalue weighted by Gasteiger charge is -2.21. The molecule has 1 saturated carbocycles. The maximum absolute atomic E-state index is 13.9. The molecule has 44 heavy (non-hydrogen) atoms. The average molecular weight is 584 g/mol. The fourth-order valence-corrected chi connectivity index (χ4v) is 6.98. The van der Waals surface area contributed by atoms with Crippen LogP contribution in [-0.4, -0.2) is 36.1 Å². The van der Waals surface area contributed by atoms with Gasteiger partial charge in [-0.3, -0.25) is 18.8 Å². The molecule has 0 N–H and O–H groups in total. The molecule has 2 aliphatic rings. The number of anilines is 1. The molecule has 2 aromatic carbocycles. The molecule has 220 valence electrons. The molecule has 0 bridgehead atoms. The Morgan fingerprint density at radius 1 is 1.07 bits per heavy atom. The standard InChI is InChI=1S/C35H33N7O2/c1-2-28(23-11-13-27(14-12-23)41-20-25-9-5-6-10-29(25)35(41)44)34(43)40-18-16-30-32(37-22-38-33(30)40)26-19-39-42(21-26)31(15-17-36)24-7-3-4-8-24/h5-6,9-14,16,18-19,21-22,24,28,31H,2-4,7-8,15,20H2,1H3/t28?,31-/m1/s1. The number of nitrogens with zero attached hydrogens (tertiary/aromatic N) is 7. The van der Waals surface area contributed by atoms with Gasteiger partial charge in [-0.25, -0.2) is 9.97 Å². The SMILES string of the molecule is CCC(C(=O)n1ccc2c(-c3cnn([C@H](CC#N)C4CCCC4)c3)ncnc21)c1ccc(N2Cc3ccccc3C2=O)cc1. The Morgan fingerprint density at radius 2 is 1.86 bits per heavy atom. The van der Waals surface area contributed by atoms with Gasteiger partial charge in [-0.05, 0) is 60.6 Å². The van der Waals surface area contributed by atoms with Crippen LogP contribution in [-0.2, 0) is 6.54 Å². The molecule has 3 aromatic heterocycles. The average Bonchev–Trinajstić information content (AvgIpc) is 3.88. The Kier molecular flexibility index (Phi) is 7.26. The molecule has 1 unspecified atom stereocenters. The van der Waals surface area contributed by atoms with Crippen molar-refractivity contribution in [3.05, 3.63) is 96.2 Å². The van der Waals surface area contributed by atoms with Gasteiger partial charge < -0.3 is 4.90 Å². The molecule has 9 nitrogen and oxygen atoms in total. The molecule has 0 saturated heterocycles. The van der Waals surface area contributed by atoms with Crippen LogP contribution in [0.1, 0.15) is 83.7 Å². The van der Waals surface area contributed by atoms with Gasteiger partial charge in [0.05, 0.1) is 42.9 Å². The molecule has 0 spiro atoms. The molecule has 1 aliphatic carbocycles. The van der Waals surface area contributed by atoms with Crippen molar-refractivity contribution in [2.24, 2.45) is 5.92 Å². The third kappa shape index (κ3) is 4.77. The smallest absolute Gasteiger partial charge is 0.258 e. The van der Waals surface area contributed by atoms with Crippen LogP contribution >= 0.6 is 0 Å². The van der Waals surface area contributed by atoms with E-state index in [2.05, 4.69) is 21.1 Å². The van der Waals surface area contributed by atoms with Crippen LogP contribution in [0.5, 0.6) is 0 Å². The van der Waals surface area contributed by atoms with Crippen LogP contribution in [0.2, 0.25) is 0 Å². The van der Waals surface area contributed by atoms with E-state index in [1.807, 2.05) is 72.4 Å². The van der Waals surface area contributed by atoms with Gasteiger partial charge in [0.1, 0.15) is 6.33 Å². The van der Waals surface area contributed by atoms with E-state index in [1.165, 1.54) is 19.2 Å². The lowest BCUT2D eigenvalue weighted by Crippen LogP contribution is -2.23. The van der Waals surface area contributed by atoms with Crippen LogP contribution in [0, 0.1) is 17.2 Å². The number of amides is 1. The number of benzene rings is 2. The first kappa shape index (κ1) is 27.7. The Bertz CT molecular complexity index is 1890. The first-order chi connectivity index (χ1) is 21.6. The quantitative estimate of drug-likeness (QED) is 0.196. The summed E-state index contributed by atoms with van der Waals surface area (Å²) in [6.07, 6.45) is 12.7. The van der Waals surface area contributed by atoms with E-state index in [-0.39, 0.29) is 23.8 Å². The van der Waals surface area contributed by atoms with Gasteiger partial charge in [-0.1, -0.05) is 50.1 Å². The number of fused-ring (bicyclic) bond motifs is 2. The monoisotopic (exact) mass is 583 g/mol. The molecule has 1 aliphatic heterocycles. The second kappa shape index (κ2) is 11.5. The Morgan fingerprint density at radius 3 is 2.61 bits per heavy atom. The number of hydrogen-bond acceptors (Lipinski definition) is 6. The largest absolute Gasteiger partial charge is 0.304 e. The van der Waals surface area contributed by atoms with Crippen molar-refractivity contribution < 1.29 is 9.59 Å². The maximum atomic E-state index is 13.9. The molecule has 7 rings (SSSR count). The Balaban J connectivity index is 1.14. The normalized spacial score (nSPS) is 16.3. The molecule has 0 radical (unpaired) electrons. The molecular weight excluding hydrogens is 550 g/mol. The first-order valence-electron chi connectivity index (χ1n) is 15.3. The molecule has 2 atom stereocenters. The zero-order valence-corrected chi connectivity index (χ0v) is 24.6. The predicted molar refractivity (Wildman–Crippen MR) is 167 cm³/mol. The summed E-state index contributed by atoms with van der Waals surface area (Å²) in [5.41, 5.74) is 5.56. The summed E-state index contributed by atoms with van der Waals surface area (Å²) in [6.45, 7) is 2.54. The van der Waals surface area contributed by atoms with Crippen LogP contribution in [0.25, 0.3) is 22.3 Å². The number of nitriles is 1.